The molecule has 0 bridgehead atoms. The first-order chi connectivity index (χ1) is 60.7. The van der Waals surface area contributed by atoms with Crippen LogP contribution in [0.3, 0.4) is 0 Å². The monoisotopic (exact) mass is 2070 g/mol. The SMILES string of the molecule is CCCC(=S)N1CCN2C(c3nccs3)=N[C@@H](c3ccc(F)cc3Br)C(C(=O)OCC)=C2C1.CCOC(=O)C1=C2CN(C)C(=O)CN2C(c2nccs2)=NC1c1ccc(F)cc1Br.CCOC(=O)C1=C2CN(CC(=O)OC)C(=O)CN2C(c2nccs2)=N[C@H]1c1ccc(F)cc1Br.CCOC(=O)C1=C2CNC(=O)CN2C(c2nccs2)=NC1c1ccc(F)cc1Br. The normalized spacial score (nSPS) is 18.5. The second-order valence-electron chi connectivity index (χ2n) is 28.1. The van der Waals surface area contributed by atoms with E-state index in [0.29, 0.717) is 125 Å². The summed E-state index contributed by atoms with van der Waals surface area (Å²) >= 11 is 24.9. The molecule has 4 atom stereocenters. The lowest BCUT2D eigenvalue weighted by molar-refractivity contribution is -0.147. The molecule has 29 nitrogen and oxygen atoms in total. The molecule has 0 saturated carbocycles. The van der Waals surface area contributed by atoms with Crippen LogP contribution in [0.25, 0.3) is 0 Å². The summed E-state index contributed by atoms with van der Waals surface area (Å²) in [4.78, 5) is 152. The average Bonchev–Trinajstić information content (AvgIpc) is 0.965. The van der Waals surface area contributed by atoms with Crippen molar-refractivity contribution in [3.8, 4) is 0 Å². The van der Waals surface area contributed by atoms with E-state index in [1.54, 1.807) is 109 Å². The Hall–Kier alpha value is -10.5. The lowest BCUT2D eigenvalue weighted by Gasteiger charge is -2.43. The molecule has 1 N–H and O–H groups in total. The number of hydrogen-bond donors (Lipinski definition) is 1. The number of ether oxygens (including phenoxy) is 5. The molecule has 8 aromatic rings. The van der Waals surface area contributed by atoms with Gasteiger partial charge in [-0.05, 0) is 111 Å². The first-order valence-corrected chi connectivity index (χ1v) is 46.3. The zero-order valence-corrected chi connectivity index (χ0v) is 78.7. The smallest absolute Gasteiger partial charge is 0.338 e. The van der Waals surface area contributed by atoms with Crippen LogP contribution in [0.1, 0.15) is 114 Å². The molecule has 42 heteroatoms. The van der Waals surface area contributed by atoms with Gasteiger partial charge in [0, 0.05) is 84.3 Å². The topological polar surface area (TPSA) is 318 Å². The maximum absolute atomic E-state index is 13.9. The Labute approximate surface area is 775 Å². The number of hydrogen-bond acceptors (Lipinski definition) is 30. The van der Waals surface area contributed by atoms with E-state index < -0.39 is 71.5 Å². The van der Waals surface area contributed by atoms with Gasteiger partial charge in [0.1, 0.15) is 73.6 Å². The molecule has 4 aromatic carbocycles. The highest BCUT2D eigenvalue weighted by molar-refractivity contribution is 9.11. The maximum atomic E-state index is 13.9. The molecule has 0 spiro atoms. The van der Waals surface area contributed by atoms with Gasteiger partial charge in [-0.3, -0.25) is 39.1 Å². The molecule has 2 unspecified atom stereocenters. The van der Waals surface area contributed by atoms with Crippen LogP contribution in [-0.2, 0) is 62.0 Å². The van der Waals surface area contributed by atoms with Crippen LogP contribution >= 0.6 is 121 Å². The number of esters is 5. The lowest BCUT2D eigenvalue weighted by atomic mass is 9.93. The average molecular weight is 2080 g/mol. The van der Waals surface area contributed by atoms with Crippen molar-refractivity contribution in [1.29, 1.82) is 0 Å². The van der Waals surface area contributed by atoms with E-state index in [1.807, 2.05) is 16.1 Å². The van der Waals surface area contributed by atoms with E-state index in [9.17, 15) is 55.9 Å². The van der Waals surface area contributed by atoms with Crippen molar-refractivity contribution >= 4 is 197 Å². The number of aliphatic imine (C=N–C) groups is 4. The number of nitrogens with zero attached hydrogens (tertiary/aromatic N) is 15. The van der Waals surface area contributed by atoms with Crippen molar-refractivity contribution in [3.05, 3.63) is 248 Å². The Kier molecular flexibility index (Phi) is 31.0. The summed E-state index contributed by atoms with van der Waals surface area (Å²) in [5.74, 6) is -2.76. The van der Waals surface area contributed by atoms with E-state index in [-0.39, 0.29) is 101 Å². The molecule has 4 aromatic heterocycles. The number of amidine groups is 4. The Morgan fingerprint density at radius 1 is 0.460 bits per heavy atom. The van der Waals surface area contributed by atoms with Gasteiger partial charge in [0.2, 0.25) is 17.7 Å². The summed E-state index contributed by atoms with van der Waals surface area (Å²) in [7, 11) is 2.93. The van der Waals surface area contributed by atoms with Crippen LogP contribution in [0.4, 0.5) is 17.6 Å². The Morgan fingerprint density at radius 2 is 0.802 bits per heavy atom. The molecule has 3 amide bonds. The fourth-order valence-corrected chi connectivity index (χ4v) is 19.8. The summed E-state index contributed by atoms with van der Waals surface area (Å²) < 4.78 is 83.2. The third kappa shape index (κ3) is 20.5. The molecule has 12 heterocycles. The second kappa shape index (κ2) is 42.0. The van der Waals surface area contributed by atoms with E-state index in [1.165, 1.54) is 106 Å². The number of nitrogens with one attached hydrogen (secondary N) is 1. The predicted molar refractivity (Wildman–Crippen MR) is 482 cm³/mol. The van der Waals surface area contributed by atoms with Crippen molar-refractivity contribution in [3.63, 3.8) is 0 Å². The van der Waals surface area contributed by atoms with Crippen LogP contribution in [0.2, 0.25) is 0 Å². The number of amides is 3. The molecule has 8 aliphatic rings. The number of carbonyl (C=O) groups excluding carboxylic acids is 8. The van der Waals surface area contributed by atoms with Crippen LogP contribution < -0.4 is 5.32 Å². The number of rotatable bonds is 20. The Balaban J connectivity index is 0.000000144. The quantitative estimate of drug-likeness (QED) is 0.0321. The number of benzene rings is 4. The number of carbonyl (C=O) groups is 8. The summed E-state index contributed by atoms with van der Waals surface area (Å²) in [6, 6.07) is 14.1. The molecule has 0 aliphatic carbocycles. The van der Waals surface area contributed by atoms with Gasteiger partial charge in [0.15, 0.2) is 43.4 Å². The molecule has 0 radical (unpaired) electrons. The predicted octanol–water partition coefficient (Wildman–Crippen LogP) is 13.7. The summed E-state index contributed by atoms with van der Waals surface area (Å²) in [6.07, 6.45) is 8.44. The Bertz CT molecular complexity index is 5820. The van der Waals surface area contributed by atoms with Crippen LogP contribution in [0, 0.1) is 23.3 Å². The highest BCUT2D eigenvalue weighted by Crippen LogP contribution is 2.46. The number of fused-ring (bicyclic) bond motifs is 4. The Morgan fingerprint density at radius 3 is 1.14 bits per heavy atom. The molecule has 8 aliphatic heterocycles. The number of halogens is 8. The van der Waals surface area contributed by atoms with Crippen LogP contribution in [-0.4, -0.2) is 236 Å². The fourth-order valence-electron chi connectivity index (χ4n) is 14.7. The van der Waals surface area contributed by atoms with Crippen LogP contribution in [0.5, 0.6) is 0 Å². The molecular weight excluding hydrogens is 2000 g/mol. The first kappa shape index (κ1) is 93.2. The van der Waals surface area contributed by atoms with E-state index in [4.69, 9.17) is 55.9 Å². The highest BCUT2D eigenvalue weighted by atomic mass is 79.9. The zero-order chi connectivity index (χ0) is 89.9. The number of piperazine rings is 4. The minimum Gasteiger partial charge on any atom is -0.468 e. The molecule has 658 valence electrons. The van der Waals surface area contributed by atoms with Gasteiger partial charge < -0.3 is 63.3 Å². The summed E-state index contributed by atoms with van der Waals surface area (Å²) in [6.45, 7) is 11.6. The number of methoxy groups -OCH3 is 1. The molecule has 126 heavy (non-hydrogen) atoms. The van der Waals surface area contributed by atoms with Gasteiger partial charge in [-0.15, -0.1) is 45.3 Å². The number of likely N-dealkylation sites (N-methyl/N-ethyl adjacent to an activating group) is 1. The number of thiazole rings is 4. The second-order valence-corrected chi connectivity index (χ2v) is 35.6. The summed E-state index contributed by atoms with van der Waals surface area (Å²) in [5.41, 5.74) is 6.29. The summed E-state index contributed by atoms with van der Waals surface area (Å²) in [5, 5.41) is 12.7. The molecule has 4 fully saturated rings. The van der Waals surface area contributed by atoms with Gasteiger partial charge in [0.25, 0.3) is 0 Å². The fraction of sp³-hybridized carbons (Fsp3) is 0.321. The highest BCUT2D eigenvalue weighted by Gasteiger charge is 2.47. The van der Waals surface area contributed by atoms with Gasteiger partial charge in [-0.2, -0.15) is 0 Å². The van der Waals surface area contributed by atoms with Crippen molar-refractivity contribution in [1.82, 2.24) is 59.6 Å². The van der Waals surface area contributed by atoms with Crippen molar-refractivity contribution in [2.24, 2.45) is 20.0 Å². The standard InChI is InChI=1S/C23H24BrFN4O2S2.C22H20BrFN4O5S.C20H18BrFN4O3S.C19H16BrFN4O3S/c1-3-5-18(32)28-9-10-29-17(13-28)19(23(30)31-4-2)20(15-7-6-14(25)12-16(15)24)27-21(29)22-26-8-11-33-22;1-3-33-22(31)18-15-9-27(11-17(30)32-2)16(29)10-28(15)20(21-25-6-7-34-21)26-19(18)13-5-4-12(24)8-14(13)23;1-3-29-20(28)16-14-9-25(2)15(27)10-26(14)18(19-23-6-7-30-19)24-17(16)12-5-4-11(22)8-13(12)21;1-2-28-19(27)15-13-8-23-14(26)9-25(13)17(18-22-5-6-29-18)24-16(15)11-4-3-10(21)7-12(11)20/h6-8,11-12,20H,3-5,9-10,13H2,1-2H3;4-8,19H,3,9-11H2,1-2H3;4-8,17H,3,9-10H2,1-2H3;3-7,16H,2,8-9H2,1H3,(H,23,26)/t20-;19-;;/m00../s1. The van der Waals surface area contributed by atoms with Crippen molar-refractivity contribution < 1.29 is 79.6 Å². The lowest BCUT2D eigenvalue weighted by Crippen LogP contribution is -2.54. The zero-order valence-electron chi connectivity index (χ0n) is 68.3. The van der Waals surface area contributed by atoms with Gasteiger partial charge in [0.05, 0.1) is 110 Å². The molecule has 4 saturated heterocycles. The molecular formula is C84H78Br4F4N16O13S5. The van der Waals surface area contributed by atoms with E-state index >= 15 is 0 Å². The third-order valence-electron chi connectivity index (χ3n) is 20.3. The minimum atomic E-state index is -0.854. The van der Waals surface area contributed by atoms with Gasteiger partial charge in [-0.1, -0.05) is 107 Å². The van der Waals surface area contributed by atoms with Crippen molar-refractivity contribution in [2.45, 2.75) is 71.6 Å². The number of thiocarbonyl (C=S) groups is 1. The minimum absolute atomic E-state index is 0.0218. The molecule has 16 rings (SSSR count). The van der Waals surface area contributed by atoms with Crippen LogP contribution in [0.15, 0.2) is 202 Å². The number of aromatic nitrogens is 4. The van der Waals surface area contributed by atoms with E-state index in [2.05, 4.69) is 106 Å². The van der Waals surface area contributed by atoms with Gasteiger partial charge in [-0.25, -0.2) is 56.7 Å². The maximum Gasteiger partial charge on any atom is 0.338 e. The van der Waals surface area contributed by atoms with Crippen molar-refractivity contribution in [2.75, 3.05) is 106 Å². The first-order valence-electron chi connectivity index (χ1n) is 39.2. The van der Waals surface area contributed by atoms with E-state index in [0.717, 1.165) is 35.1 Å². The largest absolute Gasteiger partial charge is 0.468 e. The third-order valence-corrected chi connectivity index (χ3v) is 26.6. The van der Waals surface area contributed by atoms with Gasteiger partial charge >= 0.3 is 29.8 Å².